The van der Waals surface area contributed by atoms with Gasteiger partial charge in [-0.3, -0.25) is 4.79 Å². The van der Waals surface area contributed by atoms with Gasteiger partial charge in [0.15, 0.2) is 17.9 Å². The van der Waals surface area contributed by atoms with E-state index >= 15 is 0 Å². The predicted molar refractivity (Wildman–Crippen MR) is 78.6 cm³/mol. The minimum absolute atomic E-state index is 0.0147. The van der Waals surface area contributed by atoms with Gasteiger partial charge >= 0.3 is 0 Å². The van der Waals surface area contributed by atoms with Crippen LogP contribution in [0.1, 0.15) is 24.2 Å². The summed E-state index contributed by atoms with van der Waals surface area (Å²) < 4.78 is 5.30. The average molecular weight is 265 g/mol. The number of carbonyl (C=O) groups is 1. The summed E-state index contributed by atoms with van der Waals surface area (Å²) in [5.74, 6) is 0.932. The molecule has 0 saturated carbocycles. The molecule has 0 atom stereocenters. The smallest absolute Gasteiger partial charge is 0.181 e. The van der Waals surface area contributed by atoms with E-state index < -0.39 is 0 Å². The lowest BCUT2D eigenvalue weighted by Crippen LogP contribution is -2.06. The Morgan fingerprint density at radius 1 is 1.10 bits per heavy atom. The summed E-state index contributed by atoms with van der Waals surface area (Å²) in [4.78, 5) is 15.9. The van der Waals surface area contributed by atoms with Crippen molar-refractivity contribution < 1.29 is 9.21 Å². The largest absolute Gasteiger partial charge is 0.444 e. The van der Waals surface area contributed by atoms with Crippen LogP contribution in [0.5, 0.6) is 0 Å². The molecule has 3 rings (SSSR count). The second-order valence-electron chi connectivity index (χ2n) is 5.16. The number of hydrogen-bond acceptors (Lipinski definition) is 3. The minimum Gasteiger partial charge on any atom is -0.444 e. The highest BCUT2D eigenvalue weighted by Gasteiger charge is 2.11. The van der Waals surface area contributed by atoms with Gasteiger partial charge in [-0.2, -0.15) is 0 Å². The molecule has 0 fully saturated rings. The standard InChI is InChI=1S/C17H15NO2/c1-11(2)17(19)15-6-4-12-7-14(5-3-13(12)8-15)16-9-18-10-20-16/h3-11H,1-2H3. The summed E-state index contributed by atoms with van der Waals surface area (Å²) in [6.45, 7) is 3.83. The molecule has 0 aliphatic rings. The van der Waals surface area contributed by atoms with Crippen molar-refractivity contribution in [3.05, 3.63) is 54.6 Å². The number of oxazole rings is 1. The Morgan fingerprint density at radius 2 is 1.85 bits per heavy atom. The fraction of sp³-hybridized carbons (Fsp3) is 0.176. The zero-order valence-electron chi connectivity index (χ0n) is 11.5. The molecule has 2 aromatic carbocycles. The quantitative estimate of drug-likeness (QED) is 0.662. The van der Waals surface area contributed by atoms with E-state index in [4.69, 9.17) is 4.42 Å². The van der Waals surface area contributed by atoms with E-state index in [0.717, 1.165) is 27.7 Å². The fourth-order valence-corrected chi connectivity index (χ4v) is 2.24. The van der Waals surface area contributed by atoms with E-state index in [-0.39, 0.29) is 11.7 Å². The Bertz CT molecular complexity index is 758. The van der Waals surface area contributed by atoms with Crippen LogP contribution in [0.2, 0.25) is 0 Å². The van der Waals surface area contributed by atoms with Crippen molar-refractivity contribution >= 4 is 16.6 Å². The van der Waals surface area contributed by atoms with Crippen molar-refractivity contribution in [1.82, 2.24) is 4.98 Å². The molecule has 3 heteroatoms. The molecule has 0 aliphatic carbocycles. The summed E-state index contributed by atoms with van der Waals surface area (Å²) >= 11 is 0. The SMILES string of the molecule is CC(C)C(=O)c1ccc2cc(-c3cnco3)ccc2c1. The highest BCUT2D eigenvalue weighted by molar-refractivity contribution is 6.01. The Morgan fingerprint density at radius 3 is 2.55 bits per heavy atom. The van der Waals surface area contributed by atoms with Crippen LogP contribution >= 0.6 is 0 Å². The molecule has 0 aliphatic heterocycles. The Balaban J connectivity index is 2.05. The summed E-state index contributed by atoms with van der Waals surface area (Å²) in [5, 5.41) is 2.14. The topological polar surface area (TPSA) is 43.1 Å². The number of hydrogen-bond donors (Lipinski definition) is 0. The number of nitrogens with zero attached hydrogens (tertiary/aromatic N) is 1. The maximum absolute atomic E-state index is 12.0. The molecule has 100 valence electrons. The zero-order valence-corrected chi connectivity index (χ0v) is 11.5. The Labute approximate surface area is 117 Å². The van der Waals surface area contributed by atoms with Crippen LogP contribution in [0.25, 0.3) is 22.1 Å². The molecule has 20 heavy (non-hydrogen) atoms. The van der Waals surface area contributed by atoms with Gasteiger partial charge in [-0.05, 0) is 22.9 Å². The van der Waals surface area contributed by atoms with Gasteiger partial charge < -0.3 is 4.42 Å². The zero-order chi connectivity index (χ0) is 14.1. The lowest BCUT2D eigenvalue weighted by Gasteiger charge is -2.06. The number of fused-ring (bicyclic) bond motifs is 1. The van der Waals surface area contributed by atoms with Gasteiger partial charge in [0, 0.05) is 17.0 Å². The normalized spacial score (nSPS) is 11.2. The monoisotopic (exact) mass is 265 g/mol. The van der Waals surface area contributed by atoms with Crippen molar-refractivity contribution in [2.24, 2.45) is 5.92 Å². The van der Waals surface area contributed by atoms with E-state index in [1.54, 1.807) is 6.20 Å². The van der Waals surface area contributed by atoms with Crippen LogP contribution in [0, 0.1) is 5.92 Å². The first-order valence-corrected chi connectivity index (χ1v) is 6.62. The van der Waals surface area contributed by atoms with Crippen molar-refractivity contribution in [3.8, 4) is 11.3 Å². The maximum atomic E-state index is 12.0. The first kappa shape index (κ1) is 12.6. The van der Waals surface area contributed by atoms with Crippen LogP contribution in [0.3, 0.4) is 0 Å². The molecule has 0 unspecified atom stereocenters. The molecular weight excluding hydrogens is 250 g/mol. The van der Waals surface area contributed by atoms with Crippen LogP contribution in [0.15, 0.2) is 53.4 Å². The van der Waals surface area contributed by atoms with E-state index in [0.29, 0.717) is 0 Å². The molecule has 3 nitrogen and oxygen atoms in total. The first-order chi connectivity index (χ1) is 9.65. The van der Waals surface area contributed by atoms with Crippen LogP contribution in [-0.2, 0) is 0 Å². The van der Waals surface area contributed by atoms with Crippen molar-refractivity contribution in [3.63, 3.8) is 0 Å². The third-order valence-corrected chi connectivity index (χ3v) is 3.37. The highest BCUT2D eigenvalue weighted by atomic mass is 16.3. The Kier molecular flexibility index (Phi) is 3.11. The molecule has 0 amide bonds. The molecule has 1 heterocycles. The predicted octanol–water partition coefficient (Wildman–Crippen LogP) is 4.33. The molecule has 1 aromatic heterocycles. The van der Waals surface area contributed by atoms with Gasteiger partial charge in [-0.25, -0.2) is 4.98 Å². The highest BCUT2D eigenvalue weighted by Crippen LogP contribution is 2.25. The van der Waals surface area contributed by atoms with Crippen molar-refractivity contribution in [2.75, 3.05) is 0 Å². The van der Waals surface area contributed by atoms with E-state index in [9.17, 15) is 4.79 Å². The lowest BCUT2D eigenvalue weighted by atomic mass is 9.97. The number of rotatable bonds is 3. The van der Waals surface area contributed by atoms with E-state index in [1.807, 2.05) is 50.2 Å². The van der Waals surface area contributed by atoms with Gasteiger partial charge in [0.25, 0.3) is 0 Å². The molecule has 0 spiro atoms. The van der Waals surface area contributed by atoms with Crippen LogP contribution in [0.4, 0.5) is 0 Å². The summed E-state index contributed by atoms with van der Waals surface area (Å²) in [6.07, 6.45) is 3.11. The molecule has 3 aromatic rings. The molecule has 0 saturated heterocycles. The maximum Gasteiger partial charge on any atom is 0.181 e. The van der Waals surface area contributed by atoms with Crippen LogP contribution in [-0.4, -0.2) is 10.8 Å². The van der Waals surface area contributed by atoms with Gasteiger partial charge in [-0.15, -0.1) is 0 Å². The van der Waals surface area contributed by atoms with Crippen molar-refractivity contribution in [1.29, 1.82) is 0 Å². The number of benzene rings is 2. The van der Waals surface area contributed by atoms with Crippen molar-refractivity contribution in [2.45, 2.75) is 13.8 Å². The molecular formula is C17H15NO2. The number of ketones is 1. The molecule has 0 radical (unpaired) electrons. The van der Waals surface area contributed by atoms with Crippen LogP contribution < -0.4 is 0 Å². The summed E-state index contributed by atoms with van der Waals surface area (Å²) in [5.41, 5.74) is 1.75. The third kappa shape index (κ3) is 2.23. The molecule has 0 bridgehead atoms. The van der Waals surface area contributed by atoms with Gasteiger partial charge in [-0.1, -0.05) is 38.1 Å². The number of aromatic nitrogens is 1. The second-order valence-corrected chi connectivity index (χ2v) is 5.16. The van der Waals surface area contributed by atoms with E-state index in [1.165, 1.54) is 6.39 Å². The third-order valence-electron chi connectivity index (χ3n) is 3.37. The van der Waals surface area contributed by atoms with Gasteiger partial charge in [0.1, 0.15) is 0 Å². The fourth-order valence-electron chi connectivity index (χ4n) is 2.24. The van der Waals surface area contributed by atoms with Gasteiger partial charge in [0.05, 0.1) is 6.20 Å². The Hall–Kier alpha value is -2.42. The minimum atomic E-state index is 0.0147. The molecule has 0 N–H and O–H groups in total. The first-order valence-electron chi connectivity index (χ1n) is 6.62. The van der Waals surface area contributed by atoms with Gasteiger partial charge in [0.2, 0.25) is 0 Å². The number of carbonyl (C=O) groups excluding carboxylic acids is 1. The lowest BCUT2D eigenvalue weighted by molar-refractivity contribution is 0.0939. The second kappa shape index (κ2) is 4.93. The summed E-state index contributed by atoms with van der Waals surface area (Å²) in [7, 11) is 0. The average Bonchev–Trinajstić information content (AvgIpc) is 2.99. The number of Topliss-reactive ketones (excluding diaryl/α,β-unsaturated/α-hetero) is 1. The van der Waals surface area contributed by atoms with E-state index in [2.05, 4.69) is 4.98 Å². The summed E-state index contributed by atoms with van der Waals surface area (Å²) in [6, 6.07) is 11.8.